The number of carbonyl (C=O) groups excluding carboxylic acids is 1. The third kappa shape index (κ3) is 5.00. The first-order valence-corrected chi connectivity index (χ1v) is 8.50. The minimum absolute atomic E-state index is 0.228. The molecule has 1 aromatic heterocycles. The molecule has 118 valence electrons. The van der Waals surface area contributed by atoms with Crippen LogP contribution in [0.5, 0.6) is 0 Å². The highest BCUT2D eigenvalue weighted by atomic mass is 32.1. The summed E-state index contributed by atoms with van der Waals surface area (Å²) >= 11 is 1.81. The van der Waals surface area contributed by atoms with Crippen LogP contribution in [0.3, 0.4) is 0 Å². The SMILES string of the molecule is C[C@@H](c1cccs1)N1CCC(NC(=O)OC(C)(C)C)CC1. The van der Waals surface area contributed by atoms with Gasteiger partial charge in [0, 0.05) is 30.1 Å². The summed E-state index contributed by atoms with van der Waals surface area (Å²) in [6, 6.07) is 4.99. The van der Waals surface area contributed by atoms with Gasteiger partial charge in [-0.25, -0.2) is 4.79 Å². The molecule has 0 aliphatic carbocycles. The zero-order chi connectivity index (χ0) is 15.5. The van der Waals surface area contributed by atoms with Gasteiger partial charge < -0.3 is 10.1 Å². The van der Waals surface area contributed by atoms with Gasteiger partial charge >= 0.3 is 6.09 Å². The number of ether oxygens (including phenoxy) is 1. The first kappa shape index (κ1) is 16.3. The van der Waals surface area contributed by atoms with Gasteiger partial charge in [-0.15, -0.1) is 11.3 Å². The second-order valence-electron chi connectivity index (χ2n) is 6.65. The summed E-state index contributed by atoms with van der Waals surface area (Å²) in [4.78, 5) is 15.7. The zero-order valence-corrected chi connectivity index (χ0v) is 14.2. The van der Waals surface area contributed by atoms with E-state index >= 15 is 0 Å². The molecule has 2 heterocycles. The molecule has 1 aliphatic rings. The number of likely N-dealkylation sites (tertiary alicyclic amines) is 1. The lowest BCUT2D eigenvalue weighted by molar-refractivity contribution is 0.0470. The number of hydrogen-bond donors (Lipinski definition) is 1. The van der Waals surface area contributed by atoms with E-state index < -0.39 is 5.60 Å². The number of nitrogens with zero attached hydrogens (tertiary/aromatic N) is 1. The van der Waals surface area contributed by atoms with Crippen LogP contribution in [0.1, 0.15) is 51.5 Å². The predicted molar refractivity (Wildman–Crippen MR) is 86.7 cm³/mol. The van der Waals surface area contributed by atoms with E-state index in [1.54, 1.807) is 0 Å². The number of piperidine rings is 1. The highest BCUT2D eigenvalue weighted by Gasteiger charge is 2.26. The number of thiophene rings is 1. The summed E-state index contributed by atoms with van der Waals surface area (Å²) in [5.74, 6) is 0. The summed E-state index contributed by atoms with van der Waals surface area (Å²) in [7, 11) is 0. The summed E-state index contributed by atoms with van der Waals surface area (Å²) in [5.41, 5.74) is -0.432. The third-order valence-electron chi connectivity index (χ3n) is 3.75. The Kier molecular flexibility index (Phi) is 5.27. The Morgan fingerprint density at radius 1 is 1.43 bits per heavy atom. The van der Waals surface area contributed by atoms with Crippen molar-refractivity contribution in [2.45, 2.75) is 58.2 Å². The molecule has 1 N–H and O–H groups in total. The lowest BCUT2D eigenvalue weighted by Crippen LogP contribution is -2.46. The Hall–Kier alpha value is -1.07. The van der Waals surface area contributed by atoms with E-state index in [4.69, 9.17) is 4.74 Å². The Morgan fingerprint density at radius 3 is 2.62 bits per heavy atom. The molecule has 0 spiro atoms. The number of amides is 1. The van der Waals surface area contributed by atoms with Crippen molar-refractivity contribution in [2.24, 2.45) is 0 Å². The summed E-state index contributed by atoms with van der Waals surface area (Å²) in [6.07, 6.45) is 1.66. The number of alkyl carbamates (subject to hydrolysis) is 1. The van der Waals surface area contributed by atoms with Crippen LogP contribution in [0.4, 0.5) is 4.79 Å². The predicted octanol–water partition coefficient (Wildman–Crippen LogP) is 3.80. The van der Waals surface area contributed by atoms with Gasteiger partial charge in [0.2, 0.25) is 0 Å². The first-order chi connectivity index (χ1) is 9.85. The monoisotopic (exact) mass is 310 g/mol. The fraction of sp³-hybridized carbons (Fsp3) is 0.688. The normalized spacial score (nSPS) is 19.2. The smallest absolute Gasteiger partial charge is 0.407 e. The van der Waals surface area contributed by atoms with Crippen molar-refractivity contribution >= 4 is 17.4 Å². The molecule has 1 saturated heterocycles. The van der Waals surface area contributed by atoms with E-state index in [0.717, 1.165) is 25.9 Å². The molecule has 0 saturated carbocycles. The van der Waals surface area contributed by atoms with Crippen molar-refractivity contribution in [1.29, 1.82) is 0 Å². The molecular formula is C16H26N2O2S. The van der Waals surface area contributed by atoms with Gasteiger partial charge in [0.05, 0.1) is 0 Å². The van der Waals surface area contributed by atoms with E-state index in [-0.39, 0.29) is 12.1 Å². The molecule has 5 heteroatoms. The van der Waals surface area contributed by atoms with Gasteiger partial charge in [-0.1, -0.05) is 6.07 Å². The molecular weight excluding hydrogens is 284 g/mol. The largest absolute Gasteiger partial charge is 0.444 e. The summed E-state index contributed by atoms with van der Waals surface area (Å²) in [6.45, 7) is 9.94. The van der Waals surface area contributed by atoms with E-state index in [0.29, 0.717) is 6.04 Å². The average molecular weight is 310 g/mol. The average Bonchev–Trinajstić information content (AvgIpc) is 2.90. The van der Waals surface area contributed by atoms with Crippen molar-refractivity contribution in [2.75, 3.05) is 13.1 Å². The quantitative estimate of drug-likeness (QED) is 0.923. The third-order valence-corrected chi connectivity index (χ3v) is 4.80. The van der Waals surface area contributed by atoms with E-state index in [2.05, 4.69) is 34.7 Å². The van der Waals surface area contributed by atoms with Crippen molar-refractivity contribution in [1.82, 2.24) is 10.2 Å². The van der Waals surface area contributed by atoms with Crippen LogP contribution in [-0.2, 0) is 4.74 Å². The van der Waals surface area contributed by atoms with Crippen molar-refractivity contribution in [3.8, 4) is 0 Å². The number of rotatable bonds is 3. The van der Waals surface area contributed by atoms with Gasteiger partial charge in [-0.05, 0) is 52.0 Å². The van der Waals surface area contributed by atoms with E-state index in [1.807, 2.05) is 32.1 Å². The Morgan fingerprint density at radius 2 is 2.10 bits per heavy atom. The lowest BCUT2D eigenvalue weighted by Gasteiger charge is -2.36. The minimum atomic E-state index is -0.432. The topological polar surface area (TPSA) is 41.6 Å². The molecule has 1 atom stereocenters. The second kappa shape index (κ2) is 6.79. The molecule has 1 aromatic rings. The van der Waals surface area contributed by atoms with E-state index in [1.165, 1.54) is 4.88 Å². The number of nitrogens with one attached hydrogen (secondary N) is 1. The maximum absolute atomic E-state index is 11.8. The van der Waals surface area contributed by atoms with Crippen LogP contribution in [0.2, 0.25) is 0 Å². The Bertz CT molecular complexity index is 445. The van der Waals surface area contributed by atoms with Crippen LogP contribution < -0.4 is 5.32 Å². The van der Waals surface area contributed by atoms with Gasteiger partial charge in [0.25, 0.3) is 0 Å². The van der Waals surface area contributed by atoms with Crippen LogP contribution in [0.15, 0.2) is 17.5 Å². The molecule has 4 nitrogen and oxygen atoms in total. The van der Waals surface area contributed by atoms with E-state index in [9.17, 15) is 4.79 Å². The Labute approximate surface area is 131 Å². The fourth-order valence-corrected chi connectivity index (χ4v) is 3.43. The molecule has 0 bridgehead atoms. The second-order valence-corrected chi connectivity index (χ2v) is 7.63. The molecule has 21 heavy (non-hydrogen) atoms. The van der Waals surface area contributed by atoms with Crippen molar-refractivity contribution in [3.05, 3.63) is 22.4 Å². The molecule has 1 fully saturated rings. The van der Waals surface area contributed by atoms with Crippen molar-refractivity contribution in [3.63, 3.8) is 0 Å². The maximum Gasteiger partial charge on any atom is 0.407 e. The number of hydrogen-bond acceptors (Lipinski definition) is 4. The van der Waals surface area contributed by atoms with Crippen LogP contribution in [0, 0.1) is 0 Å². The standard InChI is InChI=1S/C16H26N2O2S/c1-12(14-6-5-11-21-14)18-9-7-13(8-10-18)17-15(19)20-16(2,3)4/h5-6,11-13H,7-10H2,1-4H3,(H,17,19)/t12-/m0/s1. The fourth-order valence-electron chi connectivity index (χ4n) is 2.61. The summed E-state index contributed by atoms with van der Waals surface area (Å²) in [5, 5.41) is 5.11. The van der Waals surface area contributed by atoms with Gasteiger partial charge in [0.15, 0.2) is 0 Å². The minimum Gasteiger partial charge on any atom is -0.444 e. The molecule has 1 amide bonds. The van der Waals surface area contributed by atoms with Crippen LogP contribution >= 0.6 is 11.3 Å². The summed E-state index contributed by atoms with van der Waals surface area (Å²) < 4.78 is 5.31. The first-order valence-electron chi connectivity index (χ1n) is 7.62. The molecule has 1 aliphatic heterocycles. The highest BCUT2D eigenvalue weighted by Crippen LogP contribution is 2.27. The molecule has 2 rings (SSSR count). The highest BCUT2D eigenvalue weighted by molar-refractivity contribution is 7.10. The van der Waals surface area contributed by atoms with Crippen molar-refractivity contribution < 1.29 is 9.53 Å². The lowest BCUT2D eigenvalue weighted by atomic mass is 10.0. The molecule has 0 radical (unpaired) electrons. The van der Waals surface area contributed by atoms with Crippen LogP contribution in [0.25, 0.3) is 0 Å². The zero-order valence-electron chi connectivity index (χ0n) is 13.4. The molecule has 0 aromatic carbocycles. The maximum atomic E-state index is 11.8. The van der Waals surface area contributed by atoms with Gasteiger partial charge in [0.1, 0.15) is 5.60 Å². The number of carbonyl (C=O) groups is 1. The van der Waals surface area contributed by atoms with Gasteiger partial charge in [-0.3, -0.25) is 4.90 Å². The Balaban J connectivity index is 1.77. The molecule has 0 unspecified atom stereocenters. The van der Waals surface area contributed by atoms with Crippen LogP contribution in [-0.4, -0.2) is 35.7 Å². The van der Waals surface area contributed by atoms with Gasteiger partial charge in [-0.2, -0.15) is 0 Å².